The van der Waals surface area contributed by atoms with Crippen LogP contribution < -0.4 is 15.5 Å². The second-order valence-corrected chi connectivity index (χ2v) is 9.26. The lowest BCUT2D eigenvalue weighted by Crippen LogP contribution is -2.18. The highest BCUT2D eigenvalue weighted by molar-refractivity contribution is 6.31. The third-order valence-corrected chi connectivity index (χ3v) is 5.97. The molecule has 0 saturated carbocycles. The number of rotatable bonds is 7. The first-order valence-electron chi connectivity index (χ1n) is 11.7. The Hall–Kier alpha value is -4.67. The van der Waals surface area contributed by atoms with Crippen molar-refractivity contribution in [1.82, 2.24) is 5.43 Å². The molecule has 4 rings (SSSR count). The van der Waals surface area contributed by atoms with Crippen LogP contribution in [0.15, 0.2) is 96.1 Å². The van der Waals surface area contributed by atoms with Gasteiger partial charge in [-0.25, -0.2) is 10.2 Å². The van der Waals surface area contributed by atoms with Crippen LogP contribution in [0.2, 0.25) is 10.0 Å². The predicted molar refractivity (Wildman–Crippen MR) is 149 cm³/mol. The van der Waals surface area contributed by atoms with E-state index in [9.17, 15) is 27.6 Å². The van der Waals surface area contributed by atoms with E-state index >= 15 is 0 Å². The van der Waals surface area contributed by atoms with Gasteiger partial charge in [0.1, 0.15) is 5.75 Å². The average Bonchev–Trinajstić information content (AvgIpc) is 2.94. The van der Waals surface area contributed by atoms with Crippen molar-refractivity contribution >= 4 is 52.9 Å². The number of carbonyl (C=O) groups excluding carboxylic acids is 3. The highest BCUT2D eigenvalue weighted by Crippen LogP contribution is 2.30. The Labute approximate surface area is 241 Å². The topological polar surface area (TPSA) is 96.9 Å². The Balaban J connectivity index is 1.40. The first kappa shape index (κ1) is 29.3. The van der Waals surface area contributed by atoms with Gasteiger partial charge in [-0.3, -0.25) is 9.59 Å². The lowest BCUT2D eigenvalue weighted by molar-refractivity contribution is -0.137. The largest absolute Gasteiger partial charge is 0.422 e. The van der Waals surface area contributed by atoms with Crippen LogP contribution in [-0.4, -0.2) is 24.0 Å². The number of halogens is 5. The van der Waals surface area contributed by atoms with Crippen molar-refractivity contribution in [1.29, 1.82) is 0 Å². The van der Waals surface area contributed by atoms with Gasteiger partial charge in [-0.15, -0.1) is 0 Å². The van der Waals surface area contributed by atoms with Gasteiger partial charge >= 0.3 is 12.1 Å². The molecule has 4 aromatic rings. The SMILES string of the molecule is O=C(N/N=C/c1cc(Cl)ccc1OC(=O)c1cccc(C(F)(F)F)c1)c1ccc(NC(=O)c2ccc(Cl)cc2)cc1. The summed E-state index contributed by atoms with van der Waals surface area (Å²) in [4.78, 5) is 37.4. The molecule has 0 aliphatic rings. The molecule has 7 nitrogen and oxygen atoms in total. The number of alkyl halides is 3. The fourth-order valence-electron chi connectivity index (χ4n) is 3.43. The molecule has 208 valence electrons. The van der Waals surface area contributed by atoms with Crippen molar-refractivity contribution in [3.05, 3.63) is 129 Å². The molecule has 0 aliphatic heterocycles. The zero-order valence-electron chi connectivity index (χ0n) is 20.7. The summed E-state index contributed by atoms with van der Waals surface area (Å²) in [5, 5.41) is 7.32. The lowest BCUT2D eigenvalue weighted by Gasteiger charge is -2.10. The van der Waals surface area contributed by atoms with Gasteiger partial charge in [0.05, 0.1) is 17.3 Å². The first-order valence-corrected chi connectivity index (χ1v) is 12.4. The van der Waals surface area contributed by atoms with Crippen molar-refractivity contribution in [3.63, 3.8) is 0 Å². The van der Waals surface area contributed by atoms with Gasteiger partial charge in [-0.05, 0) is 84.9 Å². The average molecular weight is 600 g/mol. The molecule has 4 aromatic carbocycles. The second-order valence-electron chi connectivity index (χ2n) is 8.39. The molecule has 0 fully saturated rings. The molecule has 41 heavy (non-hydrogen) atoms. The minimum Gasteiger partial charge on any atom is -0.422 e. The van der Waals surface area contributed by atoms with E-state index in [4.69, 9.17) is 27.9 Å². The van der Waals surface area contributed by atoms with Crippen LogP contribution >= 0.6 is 23.2 Å². The number of hydrogen-bond acceptors (Lipinski definition) is 5. The Morgan fingerprint density at radius 2 is 1.39 bits per heavy atom. The number of anilines is 1. The fraction of sp³-hybridized carbons (Fsp3) is 0.0345. The van der Waals surface area contributed by atoms with Crippen molar-refractivity contribution in [2.75, 3.05) is 5.32 Å². The molecular weight excluding hydrogens is 582 g/mol. The third kappa shape index (κ3) is 7.93. The van der Waals surface area contributed by atoms with E-state index in [1.54, 1.807) is 24.3 Å². The Bertz CT molecular complexity index is 1620. The maximum Gasteiger partial charge on any atom is 0.416 e. The predicted octanol–water partition coefficient (Wildman–Crippen LogP) is 7.25. The molecule has 12 heteroatoms. The van der Waals surface area contributed by atoms with Crippen molar-refractivity contribution in [2.24, 2.45) is 5.10 Å². The summed E-state index contributed by atoms with van der Waals surface area (Å²) in [6, 6.07) is 20.3. The number of hydrazone groups is 1. The zero-order valence-corrected chi connectivity index (χ0v) is 22.2. The summed E-state index contributed by atoms with van der Waals surface area (Å²) >= 11 is 11.9. The molecule has 0 atom stereocenters. The van der Waals surface area contributed by atoms with Gasteiger partial charge in [0.2, 0.25) is 0 Å². The molecule has 0 heterocycles. The van der Waals surface area contributed by atoms with Crippen LogP contribution in [0.4, 0.5) is 18.9 Å². The lowest BCUT2D eigenvalue weighted by atomic mass is 10.1. The minimum absolute atomic E-state index is 0.0457. The van der Waals surface area contributed by atoms with Gasteiger partial charge < -0.3 is 10.1 Å². The van der Waals surface area contributed by atoms with Crippen LogP contribution in [0.25, 0.3) is 0 Å². The number of esters is 1. The van der Waals surface area contributed by atoms with Gasteiger partial charge in [0, 0.05) is 32.4 Å². The van der Waals surface area contributed by atoms with Gasteiger partial charge in [-0.2, -0.15) is 18.3 Å². The molecule has 0 aromatic heterocycles. The molecule has 0 spiro atoms. The summed E-state index contributed by atoms with van der Waals surface area (Å²) in [6.07, 6.45) is -3.46. The van der Waals surface area contributed by atoms with Crippen LogP contribution in [0.1, 0.15) is 42.2 Å². The molecule has 2 N–H and O–H groups in total. The zero-order chi connectivity index (χ0) is 29.6. The summed E-state index contributed by atoms with van der Waals surface area (Å²) in [5.74, 6) is -2.01. The van der Waals surface area contributed by atoms with Crippen LogP contribution in [-0.2, 0) is 6.18 Å². The van der Waals surface area contributed by atoms with Gasteiger partial charge in [0.15, 0.2) is 0 Å². The number of amides is 2. The van der Waals surface area contributed by atoms with Gasteiger partial charge in [-0.1, -0.05) is 29.3 Å². The molecular formula is C29H18Cl2F3N3O4. The maximum absolute atomic E-state index is 13.0. The minimum atomic E-state index is -4.63. The highest BCUT2D eigenvalue weighted by Gasteiger charge is 2.31. The normalized spacial score (nSPS) is 11.2. The quantitative estimate of drug-likeness (QED) is 0.101. The third-order valence-electron chi connectivity index (χ3n) is 5.48. The van der Waals surface area contributed by atoms with Crippen LogP contribution in [0.5, 0.6) is 5.75 Å². The summed E-state index contributed by atoms with van der Waals surface area (Å²) in [5.41, 5.74) is 2.29. The van der Waals surface area contributed by atoms with E-state index in [2.05, 4.69) is 15.8 Å². The molecule has 0 radical (unpaired) electrons. The Morgan fingerprint density at radius 3 is 2.07 bits per heavy atom. The van der Waals surface area contributed by atoms with E-state index in [0.29, 0.717) is 22.3 Å². The van der Waals surface area contributed by atoms with E-state index < -0.39 is 23.6 Å². The summed E-state index contributed by atoms with van der Waals surface area (Å²) < 4.78 is 44.3. The number of ether oxygens (including phenoxy) is 1. The number of benzene rings is 4. The molecule has 0 unspecified atom stereocenters. The smallest absolute Gasteiger partial charge is 0.416 e. The number of nitrogens with zero attached hydrogens (tertiary/aromatic N) is 1. The maximum atomic E-state index is 13.0. The molecule has 2 amide bonds. The first-order chi connectivity index (χ1) is 19.5. The van der Waals surface area contributed by atoms with E-state index in [1.165, 1.54) is 54.7 Å². The van der Waals surface area contributed by atoms with Crippen molar-refractivity contribution in [3.8, 4) is 5.75 Å². The molecule has 0 saturated heterocycles. The Morgan fingerprint density at radius 1 is 0.756 bits per heavy atom. The van der Waals surface area contributed by atoms with E-state index in [-0.39, 0.29) is 33.4 Å². The summed E-state index contributed by atoms with van der Waals surface area (Å²) in [7, 11) is 0. The van der Waals surface area contributed by atoms with Crippen LogP contribution in [0.3, 0.4) is 0 Å². The van der Waals surface area contributed by atoms with Crippen molar-refractivity contribution < 1.29 is 32.3 Å². The van der Waals surface area contributed by atoms with Crippen molar-refractivity contribution in [2.45, 2.75) is 6.18 Å². The number of hydrogen-bond donors (Lipinski definition) is 2. The van der Waals surface area contributed by atoms with Gasteiger partial charge in [0.25, 0.3) is 11.8 Å². The monoisotopic (exact) mass is 599 g/mol. The number of nitrogens with one attached hydrogen (secondary N) is 2. The van der Waals surface area contributed by atoms with E-state index in [1.807, 2.05) is 0 Å². The molecule has 0 aliphatic carbocycles. The fourth-order valence-corrected chi connectivity index (χ4v) is 3.74. The Kier molecular flexibility index (Phi) is 9.06. The highest BCUT2D eigenvalue weighted by atomic mass is 35.5. The summed E-state index contributed by atoms with van der Waals surface area (Å²) in [6.45, 7) is 0. The second kappa shape index (κ2) is 12.7. The standard InChI is InChI=1S/C29H18Cl2F3N3O4/c30-22-8-4-17(5-9-22)26(38)36-24-11-6-18(7-12-24)27(39)37-35-16-20-15-23(31)10-13-25(20)41-28(40)19-2-1-3-21(14-19)29(32,33)34/h1-16H,(H,36,38)(H,37,39)/b35-16+. The number of carbonyl (C=O) groups is 3. The molecule has 0 bridgehead atoms. The van der Waals surface area contributed by atoms with E-state index in [0.717, 1.165) is 12.1 Å². The van der Waals surface area contributed by atoms with Crippen LogP contribution in [0, 0.1) is 0 Å².